The normalized spacial score (nSPS) is 11.5. The molecule has 0 aromatic heterocycles. The molecule has 0 aliphatic heterocycles. The topological polar surface area (TPSA) is 75.3 Å². The quantitative estimate of drug-likeness (QED) is 0.884. The number of sulfonamides is 1. The van der Waals surface area contributed by atoms with E-state index in [0.29, 0.717) is 11.3 Å². The Morgan fingerprint density at radius 2 is 1.70 bits per heavy atom. The van der Waals surface area contributed by atoms with E-state index >= 15 is 0 Å². The molecule has 2 N–H and O–H groups in total. The van der Waals surface area contributed by atoms with Crippen molar-refractivity contribution in [2.75, 3.05) is 5.32 Å². The molecule has 23 heavy (non-hydrogen) atoms. The van der Waals surface area contributed by atoms with Crippen LogP contribution in [0.25, 0.3) is 0 Å². The highest BCUT2D eigenvalue weighted by Gasteiger charge is 2.16. The van der Waals surface area contributed by atoms with Crippen molar-refractivity contribution in [1.29, 1.82) is 0 Å². The van der Waals surface area contributed by atoms with Gasteiger partial charge in [-0.1, -0.05) is 12.1 Å². The number of nitrogens with one attached hydrogen (secondary N) is 2. The maximum atomic E-state index is 12.2. The highest BCUT2D eigenvalue weighted by Crippen LogP contribution is 2.14. The maximum absolute atomic E-state index is 12.2. The van der Waals surface area contributed by atoms with Crippen molar-refractivity contribution < 1.29 is 13.2 Å². The van der Waals surface area contributed by atoms with Crippen molar-refractivity contribution in [1.82, 2.24) is 4.72 Å². The zero-order chi connectivity index (χ0) is 17.0. The summed E-state index contributed by atoms with van der Waals surface area (Å²) in [6.45, 7) is 5.44. The van der Waals surface area contributed by atoms with Crippen LogP contribution in [0.4, 0.5) is 5.69 Å². The van der Waals surface area contributed by atoms with Crippen LogP contribution in [0.5, 0.6) is 0 Å². The van der Waals surface area contributed by atoms with Crippen molar-refractivity contribution >= 4 is 21.6 Å². The molecule has 0 aliphatic rings. The van der Waals surface area contributed by atoms with Gasteiger partial charge in [0.15, 0.2) is 0 Å². The lowest BCUT2D eigenvalue weighted by molar-refractivity contribution is 0.102. The molecule has 0 radical (unpaired) electrons. The van der Waals surface area contributed by atoms with E-state index < -0.39 is 10.0 Å². The van der Waals surface area contributed by atoms with E-state index in [9.17, 15) is 13.2 Å². The summed E-state index contributed by atoms with van der Waals surface area (Å²) in [7, 11) is -3.55. The zero-order valence-corrected chi connectivity index (χ0v) is 14.1. The third-order valence-electron chi connectivity index (χ3n) is 3.09. The average Bonchev–Trinajstić information content (AvgIpc) is 2.46. The number of anilines is 1. The van der Waals surface area contributed by atoms with Crippen LogP contribution >= 0.6 is 0 Å². The van der Waals surface area contributed by atoms with Crippen LogP contribution in [0.15, 0.2) is 53.4 Å². The SMILES string of the molecule is Cc1cccc(NC(=O)c2ccc(S(=O)(=O)NC(C)C)cc2)c1. The van der Waals surface area contributed by atoms with Crippen LogP contribution in [0, 0.1) is 6.92 Å². The van der Waals surface area contributed by atoms with E-state index in [1.54, 1.807) is 19.9 Å². The number of aryl methyl sites for hydroxylation is 1. The molecule has 5 nitrogen and oxygen atoms in total. The largest absolute Gasteiger partial charge is 0.322 e. The molecule has 122 valence electrons. The first-order chi connectivity index (χ1) is 10.8. The summed E-state index contributed by atoms with van der Waals surface area (Å²) in [6, 6.07) is 13.1. The number of carbonyl (C=O) groups is 1. The Bertz CT molecular complexity index is 797. The second-order valence-corrected chi connectivity index (χ2v) is 7.34. The van der Waals surface area contributed by atoms with Gasteiger partial charge in [-0.25, -0.2) is 13.1 Å². The summed E-state index contributed by atoms with van der Waals surface area (Å²) in [4.78, 5) is 12.3. The Morgan fingerprint density at radius 3 is 2.26 bits per heavy atom. The molecule has 0 bridgehead atoms. The molecular formula is C17H20N2O3S. The van der Waals surface area contributed by atoms with E-state index in [1.165, 1.54) is 24.3 Å². The fraction of sp³-hybridized carbons (Fsp3) is 0.235. The van der Waals surface area contributed by atoms with E-state index in [4.69, 9.17) is 0 Å². The fourth-order valence-electron chi connectivity index (χ4n) is 2.09. The van der Waals surface area contributed by atoms with E-state index in [0.717, 1.165) is 5.56 Å². The molecule has 0 atom stereocenters. The van der Waals surface area contributed by atoms with E-state index in [2.05, 4.69) is 10.0 Å². The van der Waals surface area contributed by atoms with Gasteiger partial charge < -0.3 is 5.32 Å². The smallest absolute Gasteiger partial charge is 0.255 e. The standard InChI is InChI=1S/C17H20N2O3S/c1-12(2)19-23(21,22)16-9-7-14(8-10-16)17(20)18-15-6-4-5-13(3)11-15/h4-12,19H,1-3H3,(H,18,20). The lowest BCUT2D eigenvalue weighted by atomic mass is 10.2. The Kier molecular flexibility index (Phi) is 5.18. The molecule has 2 aromatic carbocycles. The Balaban J connectivity index is 2.14. The summed E-state index contributed by atoms with van der Waals surface area (Å²) in [5.74, 6) is -0.281. The monoisotopic (exact) mass is 332 g/mol. The van der Waals surface area contributed by atoms with E-state index in [-0.39, 0.29) is 16.8 Å². The number of hydrogen-bond donors (Lipinski definition) is 2. The van der Waals surface area contributed by atoms with Gasteiger partial charge in [-0.2, -0.15) is 0 Å². The maximum Gasteiger partial charge on any atom is 0.255 e. The molecule has 0 saturated carbocycles. The molecule has 0 spiro atoms. The van der Waals surface area contributed by atoms with Crippen LogP contribution in [0.2, 0.25) is 0 Å². The van der Waals surface area contributed by atoms with Gasteiger partial charge in [-0.15, -0.1) is 0 Å². The molecule has 1 amide bonds. The first-order valence-electron chi connectivity index (χ1n) is 7.28. The van der Waals surface area contributed by atoms with Crippen molar-refractivity contribution in [3.05, 3.63) is 59.7 Å². The summed E-state index contributed by atoms with van der Waals surface area (Å²) in [6.07, 6.45) is 0. The first kappa shape index (κ1) is 17.2. The second-order valence-electron chi connectivity index (χ2n) is 5.62. The highest BCUT2D eigenvalue weighted by atomic mass is 32.2. The van der Waals surface area contributed by atoms with Crippen molar-refractivity contribution in [3.63, 3.8) is 0 Å². The molecule has 0 saturated heterocycles. The van der Waals surface area contributed by atoms with Crippen LogP contribution in [-0.4, -0.2) is 20.4 Å². The lowest BCUT2D eigenvalue weighted by Gasteiger charge is -2.10. The molecule has 0 fully saturated rings. The Labute approximate surface area is 136 Å². The predicted octanol–water partition coefficient (Wildman–Crippen LogP) is 2.93. The first-order valence-corrected chi connectivity index (χ1v) is 8.76. The minimum Gasteiger partial charge on any atom is -0.322 e. The molecule has 2 aromatic rings. The number of benzene rings is 2. The van der Waals surface area contributed by atoms with Gasteiger partial charge in [-0.3, -0.25) is 4.79 Å². The van der Waals surface area contributed by atoms with Gasteiger partial charge in [-0.05, 0) is 62.7 Å². The fourth-order valence-corrected chi connectivity index (χ4v) is 3.34. The van der Waals surface area contributed by atoms with Gasteiger partial charge in [0.05, 0.1) is 4.90 Å². The highest BCUT2D eigenvalue weighted by molar-refractivity contribution is 7.89. The molecule has 0 aliphatic carbocycles. The number of carbonyl (C=O) groups excluding carboxylic acids is 1. The second kappa shape index (κ2) is 6.93. The van der Waals surface area contributed by atoms with Crippen molar-refractivity contribution in [3.8, 4) is 0 Å². The minimum absolute atomic E-state index is 0.137. The minimum atomic E-state index is -3.55. The summed E-state index contributed by atoms with van der Waals surface area (Å²) >= 11 is 0. The summed E-state index contributed by atoms with van der Waals surface area (Å²) in [5.41, 5.74) is 2.15. The third-order valence-corrected chi connectivity index (χ3v) is 4.77. The zero-order valence-electron chi connectivity index (χ0n) is 13.3. The lowest BCUT2D eigenvalue weighted by Crippen LogP contribution is -2.30. The van der Waals surface area contributed by atoms with Gasteiger partial charge in [0, 0.05) is 17.3 Å². The number of rotatable bonds is 5. The van der Waals surface area contributed by atoms with Crippen molar-refractivity contribution in [2.24, 2.45) is 0 Å². The number of hydrogen-bond acceptors (Lipinski definition) is 3. The molecular weight excluding hydrogens is 312 g/mol. The van der Waals surface area contributed by atoms with Crippen molar-refractivity contribution in [2.45, 2.75) is 31.7 Å². The molecule has 0 unspecified atom stereocenters. The van der Waals surface area contributed by atoms with Gasteiger partial charge >= 0.3 is 0 Å². The molecule has 2 rings (SSSR count). The predicted molar refractivity (Wildman–Crippen MR) is 91.0 cm³/mol. The average molecular weight is 332 g/mol. The Hall–Kier alpha value is -2.18. The third kappa shape index (κ3) is 4.64. The van der Waals surface area contributed by atoms with Gasteiger partial charge in [0.2, 0.25) is 10.0 Å². The van der Waals surface area contributed by atoms with Gasteiger partial charge in [0.25, 0.3) is 5.91 Å². The van der Waals surface area contributed by atoms with Crippen LogP contribution in [-0.2, 0) is 10.0 Å². The number of amides is 1. The molecule has 6 heteroatoms. The Morgan fingerprint density at radius 1 is 1.04 bits per heavy atom. The summed E-state index contributed by atoms with van der Waals surface area (Å²) < 4.78 is 26.6. The van der Waals surface area contributed by atoms with Crippen LogP contribution in [0.1, 0.15) is 29.8 Å². The van der Waals surface area contributed by atoms with Gasteiger partial charge in [0.1, 0.15) is 0 Å². The summed E-state index contributed by atoms with van der Waals surface area (Å²) in [5, 5.41) is 2.79. The van der Waals surface area contributed by atoms with Crippen LogP contribution in [0.3, 0.4) is 0 Å². The van der Waals surface area contributed by atoms with E-state index in [1.807, 2.05) is 25.1 Å². The van der Waals surface area contributed by atoms with Crippen LogP contribution < -0.4 is 10.0 Å². The molecule has 0 heterocycles.